The first-order valence-corrected chi connectivity index (χ1v) is 7.39. The molecule has 2 saturated carbocycles. The van der Waals surface area contributed by atoms with Gasteiger partial charge in [-0.15, -0.1) is 23.5 Å². The molecule has 3 fully saturated rings. The maximum atomic E-state index is 2.14. The highest BCUT2D eigenvalue weighted by molar-refractivity contribution is 8.22. The maximum Gasteiger partial charge on any atom is 0.0395 e. The van der Waals surface area contributed by atoms with Gasteiger partial charge in [-0.3, -0.25) is 0 Å². The van der Waals surface area contributed by atoms with Crippen LogP contribution in [0.4, 0.5) is 0 Å². The molecule has 1 aliphatic heterocycles. The lowest BCUT2D eigenvalue weighted by molar-refractivity contribution is 0.561. The average molecular weight is 212 g/mol. The van der Waals surface area contributed by atoms with Crippen molar-refractivity contribution >= 4 is 23.5 Å². The van der Waals surface area contributed by atoms with E-state index in [2.05, 4.69) is 23.5 Å². The van der Waals surface area contributed by atoms with E-state index in [1.807, 2.05) is 5.57 Å². The van der Waals surface area contributed by atoms with Crippen molar-refractivity contribution in [2.24, 2.45) is 11.8 Å². The van der Waals surface area contributed by atoms with E-state index < -0.39 is 0 Å². The monoisotopic (exact) mass is 212 g/mol. The molecular weight excluding hydrogens is 196 g/mol. The lowest BCUT2D eigenvalue weighted by Gasteiger charge is -2.21. The van der Waals surface area contributed by atoms with Gasteiger partial charge in [0, 0.05) is 4.24 Å². The highest BCUT2D eigenvalue weighted by Crippen LogP contribution is 2.53. The number of thioether (sulfide) groups is 2. The van der Waals surface area contributed by atoms with Crippen LogP contribution >= 0.6 is 23.5 Å². The topological polar surface area (TPSA) is 0 Å². The molecule has 13 heavy (non-hydrogen) atoms. The SMILES string of the molecule is C1CSC(=C2C[C@H]3CC[C@@H]2C3)SC1. The molecule has 0 unspecified atom stereocenters. The molecule has 2 atom stereocenters. The first-order valence-electron chi connectivity index (χ1n) is 5.42. The molecular formula is C11H16S2. The van der Waals surface area contributed by atoms with Crippen LogP contribution in [-0.4, -0.2) is 11.5 Å². The quantitative estimate of drug-likeness (QED) is 0.597. The fourth-order valence-electron chi connectivity index (χ4n) is 2.92. The van der Waals surface area contributed by atoms with E-state index in [0.29, 0.717) is 0 Å². The Bertz CT molecular complexity index is 236. The second-order valence-corrected chi connectivity index (χ2v) is 6.91. The number of hydrogen-bond acceptors (Lipinski definition) is 2. The molecule has 0 nitrogen and oxygen atoms in total. The summed E-state index contributed by atoms with van der Waals surface area (Å²) < 4.78 is 1.73. The van der Waals surface area contributed by atoms with Gasteiger partial charge in [0.25, 0.3) is 0 Å². The number of allylic oxidation sites excluding steroid dienone is 1. The third-order valence-corrected chi connectivity index (χ3v) is 6.30. The Morgan fingerprint density at radius 3 is 2.54 bits per heavy atom. The van der Waals surface area contributed by atoms with Gasteiger partial charge in [-0.2, -0.15) is 0 Å². The molecule has 0 N–H and O–H groups in total. The Hall–Kier alpha value is 0.440. The molecule has 0 spiro atoms. The van der Waals surface area contributed by atoms with Gasteiger partial charge in [0.1, 0.15) is 0 Å². The van der Waals surface area contributed by atoms with Crippen molar-refractivity contribution < 1.29 is 0 Å². The van der Waals surface area contributed by atoms with Crippen LogP contribution in [0, 0.1) is 11.8 Å². The Kier molecular flexibility index (Phi) is 2.38. The molecule has 3 aliphatic rings. The van der Waals surface area contributed by atoms with Gasteiger partial charge < -0.3 is 0 Å². The van der Waals surface area contributed by atoms with Crippen molar-refractivity contribution in [1.82, 2.24) is 0 Å². The number of rotatable bonds is 0. The van der Waals surface area contributed by atoms with Crippen LogP contribution in [0.2, 0.25) is 0 Å². The highest BCUT2D eigenvalue weighted by Gasteiger charge is 2.37. The predicted octanol–water partition coefficient (Wildman–Crippen LogP) is 3.89. The molecule has 0 amide bonds. The van der Waals surface area contributed by atoms with Crippen molar-refractivity contribution in [2.75, 3.05) is 11.5 Å². The van der Waals surface area contributed by atoms with E-state index in [9.17, 15) is 0 Å². The van der Waals surface area contributed by atoms with Crippen LogP contribution in [0.3, 0.4) is 0 Å². The fraction of sp³-hybridized carbons (Fsp3) is 0.818. The summed E-state index contributed by atoms with van der Waals surface area (Å²) in [5.74, 6) is 4.85. The van der Waals surface area contributed by atoms with Crippen LogP contribution in [0.1, 0.15) is 32.1 Å². The lowest BCUT2D eigenvalue weighted by atomic mass is 9.96. The van der Waals surface area contributed by atoms with E-state index >= 15 is 0 Å². The summed E-state index contributed by atoms with van der Waals surface area (Å²) >= 11 is 4.29. The van der Waals surface area contributed by atoms with Crippen molar-refractivity contribution in [3.63, 3.8) is 0 Å². The minimum atomic E-state index is 1.01. The van der Waals surface area contributed by atoms with Gasteiger partial charge in [-0.05, 0) is 61.0 Å². The van der Waals surface area contributed by atoms with Crippen molar-refractivity contribution in [2.45, 2.75) is 32.1 Å². The molecule has 3 rings (SSSR count). The summed E-state index contributed by atoms with van der Waals surface area (Å²) in [6.07, 6.45) is 7.43. The standard InChI is InChI=1S/C11H16S2/c1-4-12-11(13-5-1)10-7-8-2-3-9(10)6-8/h8-9H,1-7H2/t8-,9+/m0/s1. The van der Waals surface area contributed by atoms with Crippen molar-refractivity contribution in [3.05, 3.63) is 9.81 Å². The minimum absolute atomic E-state index is 1.01. The molecule has 72 valence electrons. The Morgan fingerprint density at radius 2 is 1.92 bits per heavy atom. The summed E-state index contributed by atoms with van der Waals surface area (Å²) in [6.45, 7) is 0. The largest absolute Gasteiger partial charge is 0.119 e. The average Bonchev–Trinajstić information content (AvgIpc) is 2.80. The second-order valence-electron chi connectivity index (χ2n) is 4.44. The summed E-state index contributed by atoms with van der Waals surface area (Å²) in [5, 5.41) is 0. The van der Waals surface area contributed by atoms with Crippen LogP contribution in [0.5, 0.6) is 0 Å². The molecule has 2 heteroatoms. The highest BCUT2D eigenvalue weighted by atomic mass is 32.2. The van der Waals surface area contributed by atoms with Gasteiger partial charge in [0.05, 0.1) is 0 Å². The summed E-state index contributed by atoms with van der Waals surface area (Å²) in [7, 11) is 0. The van der Waals surface area contributed by atoms with Crippen molar-refractivity contribution in [1.29, 1.82) is 0 Å². The Morgan fingerprint density at radius 1 is 1.08 bits per heavy atom. The second kappa shape index (κ2) is 3.54. The molecule has 0 radical (unpaired) electrons. The molecule has 0 aromatic carbocycles. The Labute approximate surface area is 88.9 Å². The summed E-state index contributed by atoms with van der Waals surface area (Å²) in [6, 6.07) is 0. The molecule has 1 saturated heterocycles. The minimum Gasteiger partial charge on any atom is -0.119 e. The maximum absolute atomic E-state index is 2.14. The zero-order chi connectivity index (χ0) is 8.67. The van der Waals surface area contributed by atoms with E-state index in [4.69, 9.17) is 0 Å². The third-order valence-electron chi connectivity index (χ3n) is 3.56. The predicted molar refractivity (Wildman–Crippen MR) is 62.0 cm³/mol. The smallest absolute Gasteiger partial charge is 0.0395 e. The van der Waals surface area contributed by atoms with Crippen LogP contribution in [-0.2, 0) is 0 Å². The van der Waals surface area contributed by atoms with Crippen LogP contribution in [0.15, 0.2) is 9.81 Å². The normalized spacial score (nSPS) is 38.8. The van der Waals surface area contributed by atoms with E-state index in [-0.39, 0.29) is 0 Å². The molecule has 0 aromatic rings. The molecule has 2 aliphatic carbocycles. The van der Waals surface area contributed by atoms with E-state index in [1.54, 1.807) is 4.24 Å². The fourth-order valence-corrected chi connectivity index (χ4v) is 5.76. The van der Waals surface area contributed by atoms with Gasteiger partial charge in [0.2, 0.25) is 0 Å². The number of fused-ring (bicyclic) bond motifs is 2. The lowest BCUT2D eigenvalue weighted by Crippen LogP contribution is -2.02. The third kappa shape index (κ3) is 1.56. The number of hydrogen-bond donors (Lipinski definition) is 0. The summed E-state index contributed by atoms with van der Waals surface area (Å²) in [5.41, 5.74) is 1.87. The van der Waals surface area contributed by atoms with E-state index in [1.165, 1.54) is 43.6 Å². The Balaban J connectivity index is 1.82. The van der Waals surface area contributed by atoms with Gasteiger partial charge in [-0.25, -0.2) is 0 Å². The molecule has 0 aromatic heterocycles. The van der Waals surface area contributed by atoms with Crippen LogP contribution < -0.4 is 0 Å². The summed E-state index contributed by atoms with van der Waals surface area (Å²) in [4.78, 5) is 0. The zero-order valence-electron chi connectivity index (χ0n) is 7.92. The zero-order valence-corrected chi connectivity index (χ0v) is 9.55. The molecule has 1 heterocycles. The molecule has 2 bridgehead atoms. The van der Waals surface area contributed by atoms with Crippen molar-refractivity contribution in [3.8, 4) is 0 Å². The van der Waals surface area contributed by atoms with Gasteiger partial charge in [0.15, 0.2) is 0 Å². The van der Waals surface area contributed by atoms with Crippen LogP contribution in [0.25, 0.3) is 0 Å². The first-order chi connectivity index (χ1) is 6.43. The first kappa shape index (κ1) is 8.72. The van der Waals surface area contributed by atoms with Gasteiger partial charge >= 0.3 is 0 Å². The van der Waals surface area contributed by atoms with Gasteiger partial charge in [-0.1, -0.05) is 0 Å². The van der Waals surface area contributed by atoms with E-state index in [0.717, 1.165) is 11.8 Å².